The van der Waals surface area contributed by atoms with Crippen LogP contribution in [0.5, 0.6) is 0 Å². The Hall–Kier alpha value is -3.73. The molecule has 0 radical (unpaired) electrons. The van der Waals surface area contributed by atoms with E-state index < -0.39 is 34.7 Å². The van der Waals surface area contributed by atoms with Crippen molar-refractivity contribution in [3.63, 3.8) is 0 Å². The number of benzene rings is 3. The molecular weight excluding hydrogens is 438 g/mol. The van der Waals surface area contributed by atoms with Crippen molar-refractivity contribution in [2.24, 2.45) is 17.1 Å². The van der Waals surface area contributed by atoms with Crippen molar-refractivity contribution in [2.45, 2.75) is 45.1 Å². The highest BCUT2D eigenvalue weighted by atomic mass is 16.6. The minimum Gasteiger partial charge on any atom is -0.450 e. The van der Waals surface area contributed by atoms with E-state index in [0.717, 1.165) is 16.7 Å². The van der Waals surface area contributed by atoms with Gasteiger partial charge in [-0.2, -0.15) is 0 Å². The minimum atomic E-state index is -1.31. The number of nitrogens with two attached hydrogens (primary N) is 1. The summed E-state index contributed by atoms with van der Waals surface area (Å²) in [5.41, 5.74) is 6.65. The Balaban J connectivity index is 1.80. The molecule has 180 valence electrons. The van der Waals surface area contributed by atoms with Gasteiger partial charge in [-0.3, -0.25) is 14.4 Å². The molecular formula is C30H31NO4. The largest absolute Gasteiger partial charge is 0.450 e. The van der Waals surface area contributed by atoms with Gasteiger partial charge in [0.15, 0.2) is 11.4 Å². The molecule has 1 aliphatic rings. The Morgan fingerprint density at radius 2 is 1.43 bits per heavy atom. The van der Waals surface area contributed by atoms with E-state index in [2.05, 4.69) is 0 Å². The van der Waals surface area contributed by atoms with Crippen LogP contribution in [0.25, 0.3) is 0 Å². The van der Waals surface area contributed by atoms with Gasteiger partial charge >= 0.3 is 5.97 Å². The molecule has 0 bridgehead atoms. The summed E-state index contributed by atoms with van der Waals surface area (Å²) in [5, 5.41) is 0. The van der Waals surface area contributed by atoms with Gasteiger partial charge in [-0.25, -0.2) is 0 Å². The van der Waals surface area contributed by atoms with Crippen LogP contribution in [0.15, 0.2) is 84.9 Å². The molecule has 0 spiro atoms. The van der Waals surface area contributed by atoms with Crippen molar-refractivity contribution in [1.29, 1.82) is 0 Å². The maximum absolute atomic E-state index is 14.3. The first-order valence-corrected chi connectivity index (χ1v) is 11.9. The Morgan fingerprint density at radius 3 is 1.91 bits per heavy atom. The van der Waals surface area contributed by atoms with Crippen molar-refractivity contribution >= 4 is 17.7 Å². The number of ketones is 1. The molecule has 1 aliphatic heterocycles. The number of cyclic esters (lactones) is 1. The number of carbonyl (C=O) groups excluding carboxylic acids is 3. The number of primary amides is 1. The van der Waals surface area contributed by atoms with E-state index in [1.807, 2.05) is 87.5 Å². The van der Waals surface area contributed by atoms with Crippen molar-refractivity contribution in [1.82, 2.24) is 0 Å². The molecule has 5 nitrogen and oxygen atoms in total. The molecule has 4 rings (SSSR count). The zero-order chi connectivity index (χ0) is 25.2. The molecule has 0 aromatic heterocycles. The Labute approximate surface area is 206 Å². The number of Topliss-reactive ketones (excluding diaryl/α,β-unsaturated/α-hetero) is 1. The summed E-state index contributed by atoms with van der Waals surface area (Å²) < 4.78 is 6.08. The molecule has 1 saturated heterocycles. The van der Waals surface area contributed by atoms with Crippen molar-refractivity contribution in [3.05, 3.63) is 107 Å². The second-order valence-electron chi connectivity index (χ2n) is 10.4. The van der Waals surface area contributed by atoms with Crippen LogP contribution in [0.4, 0.5) is 0 Å². The molecule has 35 heavy (non-hydrogen) atoms. The highest BCUT2D eigenvalue weighted by molar-refractivity contribution is 6.10. The summed E-state index contributed by atoms with van der Waals surface area (Å²) in [7, 11) is 0. The van der Waals surface area contributed by atoms with E-state index in [9.17, 15) is 14.4 Å². The number of hydrogen-bond acceptors (Lipinski definition) is 4. The van der Waals surface area contributed by atoms with E-state index in [4.69, 9.17) is 10.5 Å². The van der Waals surface area contributed by atoms with Crippen molar-refractivity contribution in [2.75, 3.05) is 0 Å². The van der Waals surface area contributed by atoms with Gasteiger partial charge in [0.25, 0.3) is 0 Å². The van der Waals surface area contributed by atoms with Gasteiger partial charge in [-0.1, -0.05) is 93.6 Å². The first-order chi connectivity index (χ1) is 16.6. The Kier molecular flexibility index (Phi) is 6.62. The smallest absolute Gasteiger partial charge is 0.318 e. The van der Waals surface area contributed by atoms with E-state index in [-0.39, 0.29) is 5.78 Å². The normalized spacial score (nSPS) is 18.2. The molecule has 1 fully saturated rings. The third-order valence-corrected chi connectivity index (χ3v) is 6.74. The summed E-state index contributed by atoms with van der Waals surface area (Å²) >= 11 is 0. The molecule has 0 saturated carbocycles. The van der Waals surface area contributed by atoms with Gasteiger partial charge in [0.1, 0.15) is 5.92 Å². The van der Waals surface area contributed by atoms with E-state index >= 15 is 0 Å². The topological polar surface area (TPSA) is 86.5 Å². The van der Waals surface area contributed by atoms with Gasteiger partial charge in [-0.05, 0) is 34.2 Å². The fourth-order valence-electron chi connectivity index (χ4n) is 5.22. The van der Waals surface area contributed by atoms with Crippen LogP contribution in [0.3, 0.4) is 0 Å². The monoisotopic (exact) mass is 469 g/mol. The summed E-state index contributed by atoms with van der Waals surface area (Å²) in [5.74, 6) is -2.78. The quantitative estimate of drug-likeness (QED) is 0.395. The van der Waals surface area contributed by atoms with E-state index in [1.165, 1.54) is 0 Å². The molecule has 1 amide bonds. The third-order valence-electron chi connectivity index (χ3n) is 6.74. The fraction of sp³-hybridized carbons (Fsp3) is 0.300. The molecule has 3 aromatic carbocycles. The maximum atomic E-state index is 14.3. The van der Waals surface area contributed by atoms with Gasteiger partial charge in [0, 0.05) is 24.3 Å². The average molecular weight is 470 g/mol. The first kappa shape index (κ1) is 24.4. The molecule has 2 atom stereocenters. The number of carbonyl (C=O) groups is 3. The highest BCUT2D eigenvalue weighted by Crippen LogP contribution is 2.48. The van der Waals surface area contributed by atoms with Crippen LogP contribution in [-0.4, -0.2) is 23.3 Å². The van der Waals surface area contributed by atoms with Gasteiger partial charge in [0.2, 0.25) is 5.91 Å². The van der Waals surface area contributed by atoms with Gasteiger partial charge in [-0.15, -0.1) is 0 Å². The summed E-state index contributed by atoms with van der Waals surface area (Å²) in [4.78, 5) is 39.7. The first-order valence-electron chi connectivity index (χ1n) is 11.9. The molecule has 5 heteroatoms. The number of rotatable bonds is 7. The van der Waals surface area contributed by atoms with Crippen molar-refractivity contribution in [3.8, 4) is 0 Å². The number of esters is 1. The van der Waals surface area contributed by atoms with Crippen LogP contribution in [-0.2, 0) is 27.2 Å². The average Bonchev–Trinajstić information content (AvgIpc) is 3.04. The second kappa shape index (κ2) is 9.49. The van der Waals surface area contributed by atoms with Crippen LogP contribution in [0.2, 0.25) is 0 Å². The zero-order valence-electron chi connectivity index (χ0n) is 20.4. The zero-order valence-corrected chi connectivity index (χ0v) is 20.4. The van der Waals surface area contributed by atoms with E-state index in [1.54, 1.807) is 18.2 Å². The summed E-state index contributed by atoms with van der Waals surface area (Å²) in [6, 6.07) is 26.2. The van der Waals surface area contributed by atoms with Crippen molar-refractivity contribution < 1.29 is 19.1 Å². The summed E-state index contributed by atoms with van der Waals surface area (Å²) in [6.07, 6.45) is 0.587. The van der Waals surface area contributed by atoms with Crippen LogP contribution < -0.4 is 5.73 Å². The van der Waals surface area contributed by atoms with Crippen LogP contribution >= 0.6 is 0 Å². The van der Waals surface area contributed by atoms with Crippen LogP contribution in [0.1, 0.15) is 53.7 Å². The van der Waals surface area contributed by atoms with E-state index in [0.29, 0.717) is 18.4 Å². The molecule has 2 unspecified atom stereocenters. The SMILES string of the molecule is CC(C)(C)C(c1cccc(C(N)=O)c1)C1C(=O)OC(Cc2ccccc2)(Cc2ccccc2)C1=O. The third kappa shape index (κ3) is 5.04. The standard InChI is InChI=1S/C30H31NO4/c1-29(2,3)25(22-15-10-16-23(17-22)27(31)33)24-26(32)30(35-28(24)34,18-20-11-6-4-7-12-20)19-21-13-8-5-9-14-21/h4-17,24-25H,18-19H2,1-3H3,(H2,31,33). The lowest BCUT2D eigenvalue weighted by Crippen LogP contribution is -2.44. The second-order valence-corrected chi connectivity index (χ2v) is 10.4. The number of hydrogen-bond donors (Lipinski definition) is 1. The minimum absolute atomic E-state index is 0.223. The van der Waals surface area contributed by atoms with Crippen LogP contribution in [0, 0.1) is 11.3 Å². The number of amides is 1. The lowest BCUT2D eigenvalue weighted by molar-refractivity contribution is -0.153. The Bertz CT molecular complexity index is 1190. The number of ether oxygens (including phenoxy) is 1. The Morgan fingerprint density at radius 1 is 0.886 bits per heavy atom. The lowest BCUT2D eigenvalue weighted by atomic mass is 9.66. The maximum Gasteiger partial charge on any atom is 0.318 e. The predicted octanol–water partition coefficient (Wildman–Crippen LogP) is 4.88. The molecule has 0 aliphatic carbocycles. The molecule has 2 N–H and O–H groups in total. The highest BCUT2D eigenvalue weighted by Gasteiger charge is 2.59. The fourth-order valence-corrected chi connectivity index (χ4v) is 5.22. The predicted molar refractivity (Wildman–Crippen MR) is 135 cm³/mol. The lowest BCUT2D eigenvalue weighted by Gasteiger charge is -2.34. The molecule has 1 heterocycles. The van der Waals surface area contributed by atoms with Gasteiger partial charge in [0.05, 0.1) is 0 Å². The molecule has 3 aromatic rings. The van der Waals surface area contributed by atoms with Gasteiger partial charge < -0.3 is 10.5 Å². The summed E-state index contributed by atoms with van der Waals surface area (Å²) in [6.45, 7) is 5.97.